The van der Waals surface area contributed by atoms with Gasteiger partial charge in [-0.1, -0.05) is 51.9 Å². The normalized spacial score (nSPS) is 14.4. The number of hydrogen-bond acceptors (Lipinski definition) is 4. The van der Waals surface area contributed by atoms with Crippen LogP contribution in [0.5, 0.6) is 5.75 Å². The highest BCUT2D eigenvalue weighted by Gasteiger charge is 2.32. The van der Waals surface area contributed by atoms with Gasteiger partial charge in [0, 0.05) is 52.4 Å². The molecule has 1 aliphatic heterocycles. The first kappa shape index (κ1) is 34.3. The Morgan fingerprint density at radius 1 is 0.844 bits per heavy atom. The van der Waals surface area contributed by atoms with Crippen LogP contribution in [-0.2, 0) is 17.9 Å². The van der Waals surface area contributed by atoms with Crippen molar-refractivity contribution in [3.8, 4) is 5.75 Å². The number of fused-ring (bicyclic) bond motifs is 1. The number of anilines is 1. The zero-order valence-electron chi connectivity index (χ0n) is 25.4. The van der Waals surface area contributed by atoms with Crippen molar-refractivity contribution >= 4 is 29.3 Å². The van der Waals surface area contributed by atoms with E-state index in [0.717, 1.165) is 31.4 Å². The standard InChI is InChI=1S/C34H37F5N2O3S/c1-3-4-5-6-7-8-9-10-13-44-24-17-29(38)26(30(39)18-24)20-41-31-12-11-22(14-32(31)45-21(2)34(41)43)33(42)40-19-25-27(36)15-23(35)16-28(25)37/h11-12,14-18,21H,3-10,13,19-20H2,1-2H3,(H,40,42). The summed E-state index contributed by atoms with van der Waals surface area (Å²) in [6, 6.07) is 7.68. The fraction of sp³-hybridized carbons (Fsp3) is 0.412. The van der Waals surface area contributed by atoms with Crippen molar-refractivity contribution in [2.24, 2.45) is 0 Å². The van der Waals surface area contributed by atoms with Gasteiger partial charge in [-0.3, -0.25) is 9.59 Å². The molecule has 5 nitrogen and oxygen atoms in total. The van der Waals surface area contributed by atoms with Crippen LogP contribution in [0.1, 0.15) is 86.7 Å². The summed E-state index contributed by atoms with van der Waals surface area (Å²) in [4.78, 5) is 27.7. The number of amides is 2. The number of thioether (sulfide) groups is 1. The molecule has 0 saturated heterocycles. The molecule has 1 N–H and O–H groups in total. The maximum atomic E-state index is 15.1. The van der Waals surface area contributed by atoms with Crippen LogP contribution in [0.2, 0.25) is 0 Å². The van der Waals surface area contributed by atoms with Crippen LogP contribution in [-0.4, -0.2) is 23.7 Å². The van der Waals surface area contributed by atoms with Gasteiger partial charge >= 0.3 is 0 Å². The Morgan fingerprint density at radius 3 is 2.09 bits per heavy atom. The quantitative estimate of drug-likeness (QED) is 0.132. The zero-order valence-corrected chi connectivity index (χ0v) is 26.2. The average Bonchev–Trinajstić information content (AvgIpc) is 2.99. The Labute approximate surface area is 264 Å². The van der Waals surface area contributed by atoms with Gasteiger partial charge in [-0.05, 0) is 31.5 Å². The molecule has 1 heterocycles. The molecule has 0 spiro atoms. The van der Waals surface area contributed by atoms with Crippen LogP contribution < -0.4 is 15.0 Å². The van der Waals surface area contributed by atoms with Gasteiger partial charge in [0.05, 0.1) is 24.1 Å². The summed E-state index contributed by atoms with van der Waals surface area (Å²) in [6.45, 7) is 3.29. The molecule has 0 radical (unpaired) electrons. The number of unbranched alkanes of at least 4 members (excludes halogenated alkanes) is 7. The second kappa shape index (κ2) is 16.1. The Balaban J connectivity index is 1.39. The van der Waals surface area contributed by atoms with E-state index >= 15 is 8.78 Å². The summed E-state index contributed by atoms with van der Waals surface area (Å²) >= 11 is 1.18. The molecule has 1 unspecified atom stereocenters. The number of halogens is 5. The van der Waals surface area contributed by atoms with Gasteiger partial charge in [0.1, 0.15) is 34.8 Å². The van der Waals surface area contributed by atoms with E-state index in [1.165, 1.54) is 67.0 Å². The lowest BCUT2D eigenvalue weighted by Gasteiger charge is -2.33. The van der Waals surface area contributed by atoms with Crippen molar-refractivity contribution in [3.05, 3.63) is 88.2 Å². The van der Waals surface area contributed by atoms with E-state index in [-0.39, 0.29) is 29.3 Å². The lowest BCUT2D eigenvalue weighted by Crippen LogP contribution is -2.39. The minimum atomic E-state index is -1.13. The van der Waals surface area contributed by atoms with Crippen LogP contribution in [0.25, 0.3) is 0 Å². The second-order valence-electron chi connectivity index (χ2n) is 11.1. The van der Waals surface area contributed by atoms with E-state index in [0.29, 0.717) is 29.3 Å². The number of carbonyl (C=O) groups excluding carboxylic acids is 2. The zero-order chi connectivity index (χ0) is 32.5. The first-order chi connectivity index (χ1) is 21.6. The molecular weight excluding hydrogens is 611 g/mol. The van der Waals surface area contributed by atoms with Crippen molar-refractivity contribution in [2.45, 2.75) is 88.4 Å². The number of nitrogens with one attached hydrogen (secondary N) is 1. The van der Waals surface area contributed by atoms with E-state index in [4.69, 9.17) is 4.74 Å². The molecule has 0 aliphatic carbocycles. The number of hydrogen-bond donors (Lipinski definition) is 1. The van der Waals surface area contributed by atoms with Gasteiger partial charge < -0.3 is 15.0 Å². The molecule has 45 heavy (non-hydrogen) atoms. The molecule has 242 valence electrons. The Bertz CT molecular complexity index is 1470. The van der Waals surface area contributed by atoms with Crippen molar-refractivity contribution in [1.29, 1.82) is 0 Å². The fourth-order valence-electron chi connectivity index (χ4n) is 5.12. The maximum Gasteiger partial charge on any atom is 0.251 e. The largest absolute Gasteiger partial charge is 0.493 e. The predicted octanol–water partition coefficient (Wildman–Crippen LogP) is 8.86. The number of benzene rings is 3. The van der Waals surface area contributed by atoms with E-state index in [1.807, 2.05) is 0 Å². The summed E-state index contributed by atoms with van der Waals surface area (Å²) in [6.07, 6.45) is 8.95. The number of rotatable bonds is 15. The van der Waals surface area contributed by atoms with Crippen LogP contribution in [0.4, 0.5) is 27.6 Å². The van der Waals surface area contributed by atoms with Crippen LogP contribution in [0.15, 0.2) is 47.4 Å². The molecule has 2 amide bonds. The third kappa shape index (κ3) is 8.99. The van der Waals surface area contributed by atoms with Crippen molar-refractivity contribution < 1.29 is 36.3 Å². The Kier molecular flexibility index (Phi) is 12.3. The lowest BCUT2D eigenvalue weighted by molar-refractivity contribution is -0.118. The molecule has 1 aliphatic rings. The number of nitrogens with zero attached hydrogens (tertiary/aromatic N) is 1. The third-order valence-corrected chi connectivity index (χ3v) is 8.80. The molecule has 11 heteroatoms. The van der Waals surface area contributed by atoms with Gasteiger partial charge in [0.15, 0.2) is 0 Å². The average molecular weight is 649 g/mol. The van der Waals surface area contributed by atoms with Gasteiger partial charge in [-0.2, -0.15) is 0 Å². The second-order valence-corrected chi connectivity index (χ2v) is 12.5. The maximum absolute atomic E-state index is 15.1. The molecule has 0 aromatic heterocycles. The Morgan fingerprint density at radius 2 is 1.44 bits per heavy atom. The third-order valence-electron chi connectivity index (χ3n) is 7.66. The highest BCUT2D eigenvalue weighted by Crippen LogP contribution is 2.41. The molecular formula is C34H37F5N2O3S. The Hall–Kier alpha value is -3.60. The summed E-state index contributed by atoms with van der Waals surface area (Å²) in [5, 5.41) is 1.79. The van der Waals surface area contributed by atoms with Gasteiger partial charge in [-0.25, -0.2) is 22.0 Å². The predicted molar refractivity (Wildman–Crippen MR) is 165 cm³/mol. The van der Waals surface area contributed by atoms with E-state index < -0.39 is 52.4 Å². The monoisotopic (exact) mass is 648 g/mol. The number of carbonyl (C=O) groups is 2. The van der Waals surface area contributed by atoms with E-state index in [9.17, 15) is 22.8 Å². The van der Waals surface area contributed by atoms with Crippen molar-refractivity contribution in [1.82, 2.24) is 5.32 Å². The molecule has 0 saturated carbocycles. The first-order valence-electron chi connectivity index (χ1n) is 15.2. The topological polar surface area (TPSA) is 58.6 Å². The van der Waals surface area contributed by atoms with Gasteiger partial charge in [0.2, 0.25) is 5.91 Å². The fourth-order valence-corrected chi connectivity index (χ4v) is 6.23. The summed E-state index contributed by atoms with van der Waals surface area (Å²) < 4.78 is 77.0. The highest BCUT2D eigenvalue weighted by atomic mass is 32.2. The van der Waals surface area contributed by atoms with Gasteiger partial charge in [0.25, 0.3) is 5.91 Å². The summed E-state index contributed by atoms with van der Waals surface area (Å²) in [7, 11) is 0. The SMILES string of the molecule is CCCCCCCCCCOc1cc(F)c(CN2C(=O)C(C)Sc3cc(C(=O)NCc4c(F)cc(F)cc4F)ccc32)c(F)c1. The summed E-state index contributed by atoms with van der Waals surface area (Å²) in [5.74, 6) is -5.92. The molecule has 1 atom stereocenters. The molecule has 4 rings (SSSR count). The van der Waals surface area contributed by atoms with E-state index in [1.54, 1.807) is 6.92 Å². The highest BCUT2D eigenvalue weighted by molar-refractivity contribution is 8.01. The molecule has 0 fully saturated rings. The first-order valence-corrected chi connectivity index (χ1v) is 16.1. The minimum absolute atomic E-state index is 0.0852. The van der Waals surface area contributed by atoms with Gasteiger partial charge in [-0.15, -0.1) is 11.8 Å². The van der Waals surface area contributed by atoms with Crippen LogP contribution in [0, 0.1) is 29.1 Å². The van der Waals surface area contributed by atoms with Crippen LogP contribution in [0.3, 0.4) is 0 Å². The minimum Gasteiger partial charge on any atom is -0.493 e. The smallest absolute Gasteiger partial charge is 0.251 e. The van der Waals surface area contributed by atoms with Crippen molar-refractivity contribution in [3.63, 3.8) is 0 Å². The van der Waals surface area contributed by atoms with E-state index in [2.05, 4.69) is 12.2 Å². The molecule has 0 bridgehead atoms. The molecule has 3 aromatic carbocycles. The molecule has 3 aromatic rings. The summed E-state index contributed by atoms with van der Waals surface area (Å²) in [5.41, 5.74) is -0.278. The van der Waals surface area contributed by atoms with Crippen molar-refractivity contribution in [2.75, 3.05) is 11.5 Å². The lowest BCUT2D eigenvalue weighted by atomic mass is 10.1. The number of ether oxygens (including phenoxy) is 1. The van der Waals surface area contributed by atoms with Crippen LogP contribution >= 0.6 is 11.8 Å².